The molecule has 0 aromatic heterocycles. The van der Waals surface area contributed by atoms with E-state index in [9.17, 15) is 19.3 Å². The Bertz CT molecular complexity index is 734. The van der Waals surface area contributed by atoms with Gasteiger partial charge in [-0.15, -0.1) is 0 Å². The van der Waals surface area contributed by atoms with Crippen LogP contribution in [0.5, 0.6) is 0 Å². The van der Waals surface area contributed by atoms with Crippen molar-refractivity contribution >= 4 is 33.1 Å². The van der Waals surface area contributed by atoms with Crippen LogP contribution in [0.15, 0.2) is 40.9 Å². The van der Waals surface area contributed by atoms with Crippen LogP contribution in [0.2, 0.25) is 0 Å². The number of hydrogen-bond donors (Lipinski definition) is 1. The van der Waals surface area contributed by atoms with Gasteiger partial charge in [0.05, 0.1) is 21.7 Å². The van der Waals surface area contributed by atoms with Gasteiger partial charge in [-0.3, -0.25) is 14.9 Å². The monoisotopic (exact) mass is 352 g/mol. The highest BCUT2D eigenvalue weighted by atomic mass is 79.9. The van der Waals surface area contributed by atoms with Gasteiger partial charge >= 0.3 is 0 Å². The molecule has 0 atom stereocenters. The first-order valence-electron chi connectivity index (χ1n) is 5.90. The molecule has 2 aromatic carbocycles. The number of anilines is 1. The molecule has 21 heavy (non-hydrogen) atoms. The molecule has 0 heterocycles. The van der Waals surface area contributed by atoms with Crippen LogP contribution in [-0.2, 0) is 0 Å². The number of hydrogen-bond acceptors (Lipinski definition) is 4. The van der Waals surface area contributed by atoms with Gasteiger partial charge in [0.15, 0.2) is 5.78 Å². The molecule has 0 aliphatic rings. The van der Waals surface area contributed by atoms with Gasteiger partial charge < -0.3 is 5.32 Å². The Morgan fingerprint density at radius 1 is 1.29 bits per heavy atom. The summed E-state index contributed by atoms with van der Waals surface area (Å²) < 4.78 is 14.1. The molecule has 0 saturated carbocycles. The summed E-state index contributed by atoms with van der Waals surface area (Å²) in [6.45, 7) is 0. The van der Waals surface area contributed by atoms with E-state index >= 15 is 0 Å². The molecule has 0 saturated heterocycles. The Labute approximate surface area is 128 Å². The van der Waals surface area contributed by atoms with E-state index in [0.29, 0.717) is 10.2 Å². The van der Waals surface area contributed by atoms with Gasteiger partial charge in [-0.25, -0.2) is 4.39 Å². The zero-order valence-corrected chi connectivity index (χ0v) is 12.5. The van der Waals surface area contributed by atoms with E-state index in [1.165, 1.54) is 30.3 Å². The number of non-ortho nitro benzene ring substituents is 1. The van der Waals surface area contributed by atoms with E-state index in [2.05, 4.69) is 21.2 Å². The van der Waals surface area contributed by atoms with Gasteiger partial charge in [-0.05, 0) is 28.1 Å². The summed E-state index contributed by atoms with van der Waals surface area (Å²) in [5.74, 6) is -1.30. The summed E-state index contributed by atoms with van der Waals surface area (Å²) in [7, 11) is 1.57. The third-order valence-corrected chi connectivity index (χ3v) is 3.52. The third-order valence-electron chi connectivity index (χ3n) is 2.90. The zero-order chi connectivity index (χ0) is 15.6. The first kappa shape index (κ1) is 15.1. The average Bonchev–Trinajstić information content (AvgIpc) is 2.46. The standard InChI is InChI=1S/C14H10BrFN2O3/c1-17-13-10(6-8(18(20)21)7-11(13)15)14(19)9-4-2-3-5-12(9)16/h2-7,17H,1H3. The second kappa shape index (κ2) is 6.01. The van der Waals surface area contributed by atoms with Crippen LogP contribution in [0, 0.1) is 15.9 Å². The molecule has 7 heteroatoms. The number of carbonyl (C=O) groups excluding carboxylic acids is 1. The van der Waals surface area contributed by atoms with Crippen LogP contribution < -0.4 is 5.32 Å². The van der Waals surface area contributed by atoms with E-state index in [-0.39, 0.29) is 16.8 Å². The van der Waals surface area contributed by atoms with Gasteiger partial charge in [0, 0.05) is 23.7 Å². The quantitative estimate of drug-likeness (QED) is 0.516. The van der Waals surface area contributed by atoms with Crippen LogP contribution in [0.3, 0.4) is 0 Å². The van der Waals surface area contributed by atoms with Crippen LogP contribution in [0.4, 0.5) is 15.8 Å². The first-order valence-corrected chi connectivity index (χ1v) is 6.70. The zero-order valence-electron chi connectivity index (χ0n) is 10.9. The van der Waals surface area contributed by atoms with E-state index in [0.717, 1.165) is 6.07 Å². The summed E-state index contributed by atoms with van der Waals surface area (Å²) in [6, 6.07) is 7.91. The topological polar surface area (TPSA) is 72.2 Å². The maximum atomic E-state index is 13.7. The van der Waals surface area contributed by atoms with Crippen molar-refractivity contribution in [1.29, 1.82) is 0 Å². The predicted octanol–water partition coefficient (Wildman–Crippen LogP) is 3.77. The normalized spacial score (nSPS) is 10.2. The highest BCUT2D eigenvalue weighted by Crippen LogP contribution is 2.33. The van der Waals surface area contributed by atoms with Crippen LogP contribution in [0.1, 0.15) is 15.9 Å². The number of nitrogens with one attached hydrogen (secondary N) is 1. The lowest BCUT2D eigenvalue weighted by Crippen LogP contribution is -2.09. The Hall–Kier alpha value is -2.28. The second-order valence-corrected chi connectivity index (χ2v) is 5.02. The molecule has 0 radical (unpaired) electrons. The number of rotatable bonds is 4. The lowest BCUT2D eigenvalue weighted by molar-refractivity contribution is -0.384. The SMILES string of the molecule is CNc1c(Br)cc([N+](=O)[O-])cc1C(=O)c1ccccc1F. The van der Waals surface area contributed by atoms with Crippen LogP contribution >= 0.6 is 15.9 Å². The molecule has 0 aliphatic heterocycles. The first-order chi connectivity index (χ1) is 9.95. The lowest BCUT2D eigenvalue weighted by Gasteiger charge is -2.11. The smallest absolute Gasteiger partial charge is 0.271 e. The minimum absolute atomic E-state index is 0.0312. The minimum Gasteiger partial charge on any atom is -0.387 e. The Morgan fingerprint density at radius 3 is 2.52 bits per heavy atom. The molecule has 0 fully saturated rings. The van der Waals surface area contributed by atoms with Crippen molar-refractivity contribution in [2.45, 2.75) is 0 Å². The molecule has 0 bridgehead atoms. The molecule has 0 spiro atoms. The Morgan fingerprint density at radius 2 is 1.95 bits per heavy atom. The van der Waals surface area contributed by atoms with Crippen LogP contribution in [0.25, 0.3) is 0 Å². The summed E-state index contributed by atoms with van der Waals surface area (Å²) in [4.78, 5) is 22.8. The van der Waals surface area contributed by atoms with E-state index in [4.69, 9.17) is 0 Å². The number of benzene rings is 2. The van der Waals surface area contributed by atoms with Gasteiger partial charge in [-0.1, -0.05) is 12.1 Å². The van der Waals surface area contributed by atoms with Crippen molar-refractivity contribution < 1.29 is 14.1 Å². The maximum Gasteiger partial charge on any atom is 0.271 e. The Balaban J connectivity index is 2.64. The molecular formula is C14H10BrFN2O3. The number of halogens is 2. The van der Waals surface area contributed by atoms with Crippen molar-refractivity contribution in [1.82, 2.24) is 0 Å². The third kappa shape index (κ3) is 2.92. The Kier molecular flexibility index (Phi) is 4.32. The fraction of sp³-hybridized carbons (Fsp3) is 0.0714. The average molecular weight is 353 g/mol. The molecule has 2 rings (SSSR count). The van der Waals surface area contributed by atoms with Gasteiger partial charge in [0.2, 0.25) is 0 Å². The maximum absolute atomic E-state index is 13.7. The van der Waals surface area contributed by atoms with E-state index in [1.54, 1.807) is 7.05 Å². The molecule has 0 aliphatic carbocycles. The van der Waals surface area contributed by atoms with Crippen LogP contribution in [-0.4, -0.2) is 17.8 Å². The molecule has 0 unspecified atom stereocenters. The number of ketones is 1. The summed E-state index contributed by atoms with van der Waals surface area (Å²) in [5, 5.41) is 13.7. The lowest BCUT2D eigenvalue weighted by atomic mass is 10.0. The number of nitro benzene ring substituents is 1. The summed E-state index contributed by atoms with van der Waals surface area (Å²) >= 11 is 3.17. The van der Waals surface area contributed by atoms with Gasteiger partial charge in [-0.2, -0.15) is 0 Å². The van der Waals surface area contributed by atoms with E-state index in [1.807, 2.05) is 0 Å². The number of carbonyl (C=O) groups is 1. The van der Waals surface area contributed by atoms with Gasteiger partial charge in [0.25, 0.3) is 5.69 Å². The number of nitro groups is 1. The van der Waals surface area contributed by atoms with Gasteiger partial charge in [0.1, 0.15) is 5.82 Å². The largest absolute Gasteiger partial charge is 0.387 e. The number of nitrogens with zero attached hydrogens (tertiary/aromatic N) is 1. The molecule has 2 aromatic rings. The van der Waals surface area contributed by atoms with Crippen molar-refractivity contribution in [3.05, 3.63) is 67.9 Å². The predicted molar refractivity (Wildman–Crippen MR) is 80.2 cm³/mol. The molecule has 0 amide bonds. The second-order valence-electron chi connectivity index (χ2n) is 4.17. The molecule has 1 N–H and O–H groups in total. The van der Waals surface area contributed by atoms with Crippen molar-refractivity contribution in [2.24, 2.45) is 0 Å². The van der Waals surface area contributed by atoms with Crippen molar-refractivity contribution in [3.8, 4) is 0 Å². The fourth-order valence-corrected chi connectivity index (χ4v) is 2.57. The van der Waals surface area contributed by atoms with Crippen molar-refractivity contribution in [3.63, 3.8) is 0 Å². The molecular weight excluding hydrogens is 343 g/mol. The molecule has 108 valence electrons. The molecule has 5 nitrogen and oxygen atoms in total. The summed E-state index contributed by atoms with van der Waals surface area (Å²) in [6.07, 6.45) is 0. The van der Waals surface area contributed by atoms with E-state index < -0.39 is 16.5 Å². The fourth-order valence-electron chi connectivity index (χ4n) is 1.92. The highest BCUT2D eigenvalue weighted by molar-refractivity contribution is 9.10. The van der Waals surface area contributed by atoms with Crippen molar-refractivity contribution in [2.75, 3.05) is 12.4 Å². The minimum atomic E-state index is -0.674. The highest BCUT2D eigenvalue weighted by Gasteiger charge is 2.22. The summed E-state index contributed by atoms with van der Waals surface area (Å²) in [5.41, 5.74) is 0.0134.